The number of anilines is 2. The molecule has 0 spiro atoms. The molecule has 1 aromatic carbocycles. The van der Waals surface area contributed by atoms with Crippen LogP contribution in [0.5, 0.6) is 0 Å². The lowest BCUT2D eigenvalue weighted by atomic mass is 9.94. The number of hydrazone groups is 1. The number of rotatable bonds is 7. The zero-order chi connectivity index (χ0) is 23.3. The molecule has 0 unspecified atom stereocenters. The third-order valence-electron chi connectivity index (χ3n) is 6.26. The Morgan fingerprint density at radius 1 is 1.15 bits per heavy atom. The number of morpholine rings is 1. The maximum Gasteiger partial charge on any atom is 0.213 e. The zero-order valence-corrected chi connectivity index (χ0v) is 19.4. The smallest absolute Gasteiger partial charge is 0.213 e. The van der Waals surface area contributed by atoms with E-state index in [1.54, 1.807) is 6.21 Å². The number of aromatic nitrogens is 3. The molecule has 9 nitrogen and oxygen atoms in total. The van der Waals surface area contributed by atoms with Gasteiger partial charge in [-0.3, -0.25) is 14.6 Å². The molecular weight excluding hydrogens is 432 g/mol. The van der Waals surface area contributed by atoms with E-state index in [0.29, 0.717) is 42.7 Å². The Kier molecular flexibility index (Phi) is 6.82. The van der Waals surface area contributed by atoms with Gasteiger partial charge >= 0.3 is 0 Å². The van der Waals surface area contributed by atoms with E-state index in [2.05, 4.69) is 26.5 Å². The average Bonchev–Trinajstić information content (AvgIpc) is 3.29. The number of aryl methyl sites for hydroxylation is 1. The van der Waals surface area contributed by atoms with Gasteiger partial charge in [-0.2, -0.15) is 10.1 Å². The van der Waals surface area contributed by atoms with Crippen LogP contribution in [-0.2, 0) is 9.47 Å². The molecule has 2 aliphatic rings. The molecule has 0 radical (unpaired) electrons. The highest BCUT2D eigenvalue weighted by atomic mass is 16.5. The van der Waals surface area contributed by atoms with Crippen LogP contribution in [0.25, 0.3) is 5.65 Å². The van der Waals surface area contributed by atoms with Crippen LogP contribution in [0.15, 0.2) is 41.6 Å². The second kappa shape index (κ2) is 10.3. The monoisotopic (exact) mass is 462 g/mol. The number of benzene rings is 1. The minimum Gasteiger partial charge on any atom is -0.381 e. The lowest BCUT2D eigenvalue weighted by Gasteiger charge is -2.28. The van der Waals surface area contributed by atoms with Crippen LogP contribution in [0, 0.1) is 12.8 Å². The third kappa shape index (κ3) is 5.26. The number of fused-ring (bicyclic) bond motifs is 1. The first-order chi connectivity index (χ1) is 16.7. The van der Waals surface area contributed by atoms with Gasteiger partial charge in [0.1, 0.15) is 11.3 Å². The van der Waals surface area contributed by atoms with Crippen LogP contribution in [0.2, 0.25) is 0 Å². The van der Waals surface area contributed by atoms with Crippen LogP contribution >= 0.6 is 0 Å². The van der Waals surface area contributed by atoms with E-state index >= 15 is 0 Å². The van der Waals surface area contributed by atoms with E-state index in [-0.39, 0.29) is 5.78 Å². The molecule has 0 aliphatic carbocycles. The Morgan fingerprint density at radius 2 is 1.94 bits per heavy atom. The van der Waals surface area contributed by atoms with Gasteiger partial charge in [-0.05, 0) is 31.2 Å². The highest BCUT2D eigenvalue weighted by molar-refractivity contribution is 5.95. The summed E-state index contributed by atoms with van der Waals surface area (Å²) in [4.78, 5) is 24.6. The maximum absolute atomic E-state index is 13.0. The number of Topliss-reactive ketones (excluding diaryl/α,β-unsaturated/α-hetero) is 1. The number of nitrogens with one attached hydrogen (secondary N) is 1. The van der Waals surface area contributed by atoms with E-state index in [9.17, 15) is 4.79 Å². The number of hydrogen-bond donors (Lipinski definition) is 1. The molecule has 3 aromatic rings. The number of hydrogen-bond acceptors (Lipinski definition) is 8. The summed E-state index contributed by atoms with van der Waals surface area (Å²) in [5.41, 5.74) is 6.36. The number of ketones is 1. The zero-order valence-electron chi connectivity index (χ0n) is 19.4. The largest absolute Gasteiger partial charge is 0.381 e. The fourth-order valence-electron chi connectivity index (χ4n) is 4.39. The number of carbonyl (C=O) groups excluding carboxylic acids is 1. The Morgan fingerprint density at radius 3 is 2.74 bits per heavy atom. The van der Waals surface area contributed by atoms with Crippen molar-refractivity contribution in [2.24, 2.45) is 11.0 Å². The molecule has 2 aromatic heterocycles. The highest BCUT2D eigenvalue weighted by Gasteiger charge is 2.23. The summed E-state index contributed by atoms with van der Waals surface area (Å²) in [6, 6.07) is 9.93. The van der Waals surface area contributed by atoms with Gasteiger partial charge < -0.3 is 14.4 Å². The van der Waals surface area contributed by atoms with Crippen molar-refractivity contribution < 1.29 is 14.3 Å². The molecule has 4 heterocycles. The summed E-state index contributed by atoms with van der Waals surface area (Å²) in [6.45, 7) is 6.23. The lowest BCUT2D eigenvalue weighted by molar-refractivity contribution is 0.0599. The number of carbonyl (C=O) groups is 1. The molecule has 1 N–H and O–H groups in total. The van der Waals surface area contributed by atoms with Gasteiger partial charge in [-0.15, -0.1) is 0 Å². The summed E-state index contributed by atoms with van der Waals surface area (Å²) in [5, 5.41) is 4.37. The molecule has 2 aliphatic heterocycles. The Hall–Kier alpha value is -3.30. The molecule has 2 fully saturated rings. The van der Waals surface area contributed by atoms with E-state index in [0.717, 1.165) is 50.7 Å². The highest BCUT2D eigenvalue weighted by Crippen LogP contribution is 2.24. The van der Waals surface area contributed by atoms with Gasteiger partial charge in [-0.25, -0.2) is 4.98 Å². The van der Waals surface area contributed by atoms with E-state index in [1.165, 1.54) is 5.56 Å². The summed E-state index contributed by atoms with van der Waals surface area (Å²) >= 11 is 0. The molecule has 0 saturated carbocycles. The van der Waals surface area contributed by atoms with Gasteiger partial charge in [0.25, 0.3) is 0 Å². The lowest BCUT2D eigenvalue weighted by Crippen LogP contribution is -2.38. The summed E-state index contributed by atoms with van der Waals surface area (Å²) < 4.78 is 12.8. The molecule has 0 atom stereocenters. The van der Waals surface area contributed by atoms with Crippen LogP contribution in [0.1, 0.15) is 40.9 Å². The molecule has 0 amide bonds. The maximum atomic E-state index is 13.0. The van der Waals surface area contributed by atoms with E-state index in [1.807, 2.05) is 41.8 Å². The molecule has 0 bridgehead atoms. The van der Waals surface area contributed by atoms with Crippen molar-refractivity contribution in [3.8, 4) is 0 Å². The van der Waals surface area contributed by atoms with Gasteiger partial charge in [-0.1, -0.05) is 29.8 Å². The number of nitrogens with zero attached hydrogens (tertiary/aromatic N) is 5. The van der Waals surface area contributed by atoms with Crippen LogP contribution in [0.3, 0.4) is 0 Å². The van der Waals surface area contributed by atoms with Crippen LogP contribution in [-0.4, -0.2) is 65.9 Å². The minimum absolute atomic E-state index is 0.0653. The predicted octanol–water partition coefficient (Wildman–Crippen LogP) is 3.32. The topological polar surface area (TPSA) is 93.3 Å². The Bertz CT molecular complexity index is 1180. The number of imidazole rings is 1. The van der Waals surface area contributed by atoms with Gasteiger partial charge in [0, 0.05) is 45.0 Å². The minimum atomic E-state index is 0.0653. The van der Waals surface area contributed by atoms with Crippen molar-refractivity contribution in [1.29, 1.82) is 0 Å². The van der Waals surface area contributed by atoms with Crippen molar-refractivity contribution in [1.82, 2.24) is 14.4 Å². The second-order valence-electron chi connectivity index (χ2n) is 8.86. The fourth-order valence-corrected chi connectivity index (χ4v) is 4.39. The predicted molar refractivity (Wildman–Crippen MR) is 131 cm³/mol. The normalized spacial score (nSPS) is 17.5. The summed E-state index contributed by atoms with van der Waals surface area (Å²) in [6.07, 6.45) is 5.93. The fraction of sp³-hybridized carbons (Fsp3) is 0.440. The third-order valence-corrected chi connectivity index (χ3v) is 6.26. The second-order valence-corrected chi connectivity index (χ2v) is 8.86. The van der Waals surface area contributed by atoms with Crippen LogP contribution in [0.4, 0.5) is 11.8 Å². The summed E-state index contributed by atoms with van der Waals surface area (Å²) in [7, 11) is 0. The molecule has 5 rings (SSSR count). The van der Waals surface area contributed by atoms with Crippen molar-refractivity contribution in [2.45, 2.75) is 26.2 Å². The SMILES string of the molecule is Cc1cccc(/C=N/Nc2cc3nc(C(=O)CC4CCOCC4)cn3c(N3CCOCC3)n2)c1. The van der Waals surface area contributed by atoms with Gasteiger partial charge in [0.15, 0.2) is 11.6 Å². The first-order valence-electron chi connectivity index (χ1n) is 11.9. The Balaban J connectivity index is 1.41. The molecule has 9 heteroatoms. The molecule has 178 valence electrons. The Labute approximate surface area is 198 Å². The average molecular weight is 463 g/mol. The quantitative estimate of drug-likeness (QED) is 0.327. The van der Waals surface area contributed by atoms with Crippen molar-refractivity contribution >= 4 is 29.4 Å². The van der Waals surface area contributed by atoms with E-state index < -0.39 is 0 Å². The number of ether oxygens (including phenoxy) is 2. The molecule has 2 saturated heterocycles. The van der Waals surface area contributed by atoms with Gasteiger partial charge in [0.2, 0.25) is 5.95 Å². The van der Waals surface area contributed by atoms with Gasteiger partial charge in [0.05, 0.1) is 19.4 Å². The molecule has 34 heavy (non-hydrogen) atoms. The standard InChI is InChI=1S/C25H30N6O3/c1-18-3-2-4-20(13-18)16-26-29-23-15-24-27-21(22(32)14-19-5-9-33-10-6-19)17-31(24)25(28-23)30-7-11-34-12-8-30/h2-4,13,15-17,19,29H,5-12,14H2,1H3/b26-16+. The summed E-state index contributed by atoms with van der Waals surface area (Å²) in [5.74, 6) is 1.73. The molecular formula is C25H30N6O3. The first kappa shape index (κ1) is 22.5. The van der Waals surface area contributed by atoms with Crippen molar-refractivity contribution in [3.05, 3.63) is 53.3 Å². The van der Waals surface area contributed by atoms with E-state index in [4.69, 9.17) is 14.5 Å². The first-order valence-corrected chi connectivity index (χ1v) is 11.9. The van der Waals surface area contributed by atoms with Crippen molar-refractivity contribution in [3.63, 3.8) is 0 Å². The van der Waals surface area contributed by atoms with Crippen LogP contribution < -0.4 is 10.3 Å². The van der Waals surface area contributed by atoms with Crippen molar-refractivity contribution in [2.75, 3.05) is 49.8 Å².